The highest BCUT2D eigenvalue weighted by molar-refractivity contribution is 7.90. The molecule has 0 unspecified atom stereocenters. The highest BCUT2D eigenvalue weighted by atomic mass is 35.5. The minimum Gasteiger partial charge on any atom is -0.465 e. The van der Waals surface area contributed by atoms with Gasteiger partial charge in [0.25, 0.3) is 0 Å². The maximum absolute atomic E-state index is 13.7. The van der Waals surface area contributed by atoms with Gasteiger partial charge in [-0.3, -0.25) is 14.2 Å². The highest BCUT2D eigenvalue weighted by Gasteiger charge is 2.34. The second-order valence-electron chi connectivity index (χ2n) is 7.67. The van der Waals surface area contributed by atoms with Crippen molar-refractivity contribution in [2.24, 2.45) is 0 Å². The van der Waals surface area contributed by atoms with Crippen LogP contribution in [0.15, 0.2) is 36.5 Å². The van der Waals surface area contributed by atoms with Crippen LogP contribution in [-0.2, 0) is 21.5 Å². The molecule has 0 atom stereocenters. The molecule has 2 aromatic rings. The molecule has 1 aromatic heterocycles. The Morgan fingerprint density at radius 1 is 1.22 bits per heavy atom. The smallest absolute Gasteiger partial charge is 0.339 e. The molecule has 1 aliphatic heterocycles. The van der Waals surface area contributed by atoms with Gasteiger partial charge in [0.1, 0.15) is 5.82 Å². The van der Waals surface area contributed by atoms with Crippen LogP contribution in [0.1, 0.15) is 29.9 Å². The van der Waals surface area contributed by atoms with Crippen molar-refractivity contribution >= 4 is 33.5 Å². The number of hydrogen-bond donors (Lipinski definition) is 0. The lowest BCUT2D eigenvalue weighted by atomic mass is 10.2. The first-order chi connectivity index (χ1) is 15.1. The van der Waals surface area contributed by atoms with Crippen molar-refractivity contribution < 1.29 is 22.3 Å². The van der Waals surface area contributed by atoms with Crippen LogP contribution < -0.4 is 4.31 Å². The number of piperazine rings is 1. The summed E-state index contributed by atoms with van der Waals surface area (Å²) in [4.78, 5) is 18.1. The van der Waals surface area contributed by atoms with E-state index in [1.165, 1.54) is 35.8 Å². The molecule has 174 valence electrons. The van der Waals surface area contributed by atoms with Gasteiger partial charge in [0.05, 0.1) is 35.6 Å². The van der Waals surface area contributed by atoms with Crippen molar-refractivity contribution in [3.63, 3.8) is 0 Å². The van der Waals surface area contributed by atoms with Crippen LogP contribution in [-0.4, -0.2) is 67.9 Å². The molecule has 0 aliphatic carbocycles. The second-order valence-corrected chi connectivity index (χ2v) is 9.93. The SMILES string of the molecule is COC(=O)c1ccc(CN(c2ccc(F)c(Cl)c2)S(=O)(=O)N2CCN(C(C)C)CC2)nc1. The van der Waals surface area contributed by atoms with Crippen molar-refractivity contribution in [2.75, 3.05) is 37.6 Å². The van der Waals surface area contributed by atoms with E-state index in [9.17, 15) is 17.6 Å². The van der Waals surface area contributed by atoms with Gasteiger partial charge >= 0.3 is 16.2 Å². The van der Waals surface area contributed by atoms with Gasteiger partial charge in [-0.15, -0.1) is 0 Å². The van der Waals surface area contributed by atoms with Gasteiger partial charge in [0.2, 0.25) is 0 Å². The summed E-state index contributed by atoms with van der Waals surface area (Å²) in [5, 5.41) is -0.179. The van der Waals surface area contributed by atoms with Crippen molar-refractivity contribution in [3.8, 4) is 0 Å². The van der Waals surface area contributed by atoms with Crippen LogP contribution in [0.5, 0.6) is 0 Å². The molecular weight excluding hydrogens is 459 g/mol. The molecule has 0 amide bonds. The summed E-state index contributed by atoms with van der Waals surface area (Å²) < 4.78 is 48.1. The zero-order valence-corrected chi connectivity index (χ0v) is 19.7. The first-order valence-corrected chi connectivity index (χ1v) is 11.9. The summed E-state index contributed by atoms with van der Waals surface area (Å²) in [5.74, 6) is -1.18. The van der Waals surface area contributed by atoms with Gasteiger partial charge < -0.3 is 4.74 Å². The molecular formula is C21H26ClFN4O4S. The zero-order chi connectivity index (χ0) is 23.5. The number of carbonyl (C=O) groups is 1. The fraction of sp³-hybridized carbons (Fsp3) is 0.429. The lowest BCUT2D eigenvalue weighted by Gasteiger charge is -2.38. The van der Waals surface area contributed by atoms with Gasteiger partial charge in [-0.1, -0.05) is 11.6 Å². The molecule has 1 aliphatic rings. The molecule has 8 nitrogen and oxygen atoms in total. The molecule has 0 bridgehead atoms. The molecule has 0 spiro atoms. The highest BCUT2D eigenvalue weighted by Crippen LogP contribution is 2.28. The van der Waals surface area contributed by atoms with Crippen LogP contribution in [0.2, 0.25) is 5.02 Å². The minimum atomic E-state index is -3.96. The Morgan fingerprint density at radius 3 is 2.44 bits per heavy atom. The standard InChI is InChI=1S/C21H26ClFN4O4S/c1-15(2)25-8-10-26(11-9-25)32(29,30)27(18-6-7-20(23)19(22)12-18)14-17-5-4-16(13-24-17)21(28)31-3/h4-7,12-13,15H,8-11,14H2,1-3H3. The number of hydrogen-bond acceptors (Lipinski definition) is 6. The normalized spacial score (nSPS) is 15.7. The van der Waals surface area contributed by atoms with Crippen LogP contribution in [0.4, 0.5) is 10.1 Å². The van der Waals surface area contributed by atoms with Crippen molar-refractivity contribution in [2.45, 2.75) is 26.4 Å². The van der Waals surface area contributed by atoms with E-state index in [1.807, 2.05) is 0 Å². The molecule has 0 N–H and O–H groups in total. The van der Waals surface area contributed by atoms with E-state index in [1.54, 1.807) is 6.07 Å². The number of methoxy groups -OCH3 is 1. The summed E-state index contributed by atoms with van der Waals surface area (Å²) in [7, 11) is -2.69. The van der Waals surface area contributed by atoms with E-state index in [0.29, 0.717) is 37.9 Å². The van der Waals surface area contributed by atoms with Crippen molar-refractivity contribution in [1.82, 2.24) is 14.2 Å². The summed E-state index contributed by atoms with van der Waals surface area (Å²) in [6.45, 7) is 5.92. The summed E-state index contributed by atoms with van der Waals surface area (Å²) in [5.41, 5.74) is 0.879. The number of aromatic nitrogens is 1. The average molecular weight is 485 g/mol. The number of benzene rings is 1. The van der Waals surface area contributed by atoms with E-state index in [2.05, 4.69) is 28.5 Å². The van der Waals surface area contributed by atoms with Crippen LogP contribution in [0.3, 0.4) is 0 Å². The monoisotopic (exact) mass is 484 g/mol. The predicted octanol–water partition coefficient (Wildman–Crippen LogP) is 2.94. The Kier molecular flexibility index (Phi) is 7.71. The van der Waals surface area contributed by atoms with Crippen molar-refractivity contribution in [1.29, 1.82) is 0 Å². The number of pyridine rings is 1. The van der Waals surface area contributed by atoms with E-state index >= 15 is 0 Å². The molecule has 1 saturated heterocycles. The Balaban J connectivity index is 1.92. The van der Waals surface area contributed by atoms with Gasteiger partial charge in [-0.25, -0.2) is 9.18 Å². The lowest BCUT2D eigenvalue weighted by molar-refractivity contribution is 0.0600. The van der Waals surface area contributed by atoms with Gasteiger partial charge in [0, 0.05) is 38.4 Å². The number of ether oxygens (including phenoxy) is 1. The van der Waals surface area contributed by atoms with E-state index < -0.39 is 22.0 Å². The Morgan fingerprint density at radius 2 is 1.91 bits per heavy atom. The number of rotatable bonds is 7. The molecule has 0 saturated carbocycles. The topological polar surface area (TPSA) is 83.0 Å². The molecule has 32 heavy (non-hydrogen) atoms. The predicted molar refractivity (Wildman–Crippen MR) is 120 cm³/mol. The van der Waals surface area contributed by atoms with E-state index in [4.69, 9.17) is 11.6 Å². The van der Waals surface area contributed by atoms with Gasteiger partial charge in [-0.05, 0) is 44.2 Å². The Hall–Kier alpha value is -2.27. The molecule has 2 heterocycles. The molecule has 11 heteroatoms. The molecule has 3 rings (SSSR count). The van der Waals surface area contributed by atoms with Crippen LogP contribution in [0, 0.1) is 5.82 Å². The second kappa shape index (κ2) is 10.1. The summed E-state index contributed by atoms with van der Waals surface area (Å²) in [6, 6.07) is 7.16. The first kappa shape index (κ1) is 24.4. The maximum atomic E-state index is 13.7. The third kappa shape index (κ3) is 5.37. The zero-order valence-electron chi connectivity index (χ0n) is 18.2. The molecule has 1 aromatic carbocycles. The number of anilines is 1. The van der Waals surface area contributed by atoms with E-state index in [-0.39, 0.29) is 22.8 Å². The Labute approximate surface area is 192 Å². The van der Waals surface area contributed by atoms with E-state index in [0.717, 1.165) is 10.4 Å². The summed E-state index contributed by atoms with van der Waals surface area (Å²) >= 11 is 5.94. The fourth-order valence-corrected chi connectivity index (χ4v) is 5.19. The van der Waals surface area contributed by atoms with Gasteiger partial charge in [-0.2, -0.15) is 12.7 Å². The van der Waals surface area contributed by atoms with Gasteiger partial charge in [0.15, 0.2) is 0 Å². The Bertz CT molecular complexity index is 1060. The number of nitrogens with zero attached hydrogens (tertiary/aromatic N) is 4. The quantitative estimate of drug-likeness (QED) is 0.562. The average Bonchev–Trinajstić information content (AvgIpc) is 2.79. The minimum absolute atomic E-state index is 0.115. The van der Waals surface area contributed by atoms with Crippen LogP contribution >= 0.6 is 11.6 Å². The number of halogens is 2. The first-order valence-electron chi connectivity index (χ1n) is 10.1. The third-order valence-corrected chi connectivity index (χ3v) is 7.56. The third-order valence-electron chi connectivity index (χ3n) is 5.35. The lowest BCUT2D eigenvalue weighted by Crippen LogP contribution is -2.54. The summed E-state index contributed by atoms with van der Waals surface area (Å²) in [6.07, 6.45) is 1.32. The van der Waals surface area contributed by atoms with Crippen molar-refractivity contribution in [3.05, 3.63) is 58.6 Å². The van der Waals surface area contributed by atoms with Crippen LogP contribution in [0.25, 0.3) is 0 Å². The molecule has 0 radical (unpaired) electrons. The fourth-order valence-electron chi connectivity index (χ4n) is 3.44. The largest absolute Gasteiger partial charge is 0.465 e. The maximum Gasteiger partial charge on any atom is 0.339 e. The number of carbonyl (C=O) groups excluding carboxylic acids is 1. The molecule has 1 fully saturated rings. The number of esters is 1.